The smallest absolute Gasteiger partial charge is 0.132 e. The van der Waals surface area contributed by atoms with Gasteiger partial charge in [0, 0.05) is 6.61 Å². The monoisotopic (exact) mass is 190 g/mol. The first-order valence-corrected chi connectivity index (χ1v) is 4.86. The molecule has 3 heteroatoms. The van der Waals surface area contributed by atoms with Gasteiger partial charge in [-0.15, -0.1) is 0 Å². The molecule has 2 aromatic rings. The van der Waals surface area contributed by atoms with Crippen LogP contribution in [-0.4, -0.2) is 16.2 Å². The first kappa shape index (κ1) is 9.21. The Kier molecular flexibility index (Phi) is 2.50. The number of aromatic nitrogens is 2. The lowest BCUT2D eigenvalue weighted by molar-refractivity contribution is 0.0276. The summed E-state index contributed by atoms with van der Waals surface area (Å²) in [6, 6.07) is 8.06. The van der Waals surface area contributed by atoms with E-state index < -0.39 is 0 Å². The molecule has 0 bridgehead atoms. The number of ether oxygens (including phenoxy) is 1. The minimum atomic E-state index is 0.0485. The summed E-state index contributed by atoms with van der Waals surface area (Å²) >= 11 is 0. The Morgan fingerprint density at radius 1 is 1.43 bits per heavy atom. The molecule has 14 heavy (non-hydrogen) atoms. The fourth-order valence-corrected chi connectivity index (χ4v) is 1.59. The van der Waals surface area contributed by atoms with E-state index >= 15 is 0 Å². The van der Waals surface area contributed by atoms with Crippen molar-refractivity contribution in [1.82, 2.24) is 9.55 Å². The van der Waals surface area contributed by atoms with Crippen molar-refractivity contribution in [1.29, 1.82) is 0 Å². The van der Waals surface area contributed by atoms with Gasteiger partial charge in [0.2, 0.25) is 0 Å². The van der Waals surface area contributed by atoms with E-state index in [-0.39, 0.29) is 6.23 Å². The normalized spacial score (nSPS) is 13.3. The highest BCUT2D eigenvalue weighted by atomic mass is 16.5. The minimum absolute atomic E-state index is 0.0485. The van der Waals surface area contributed by atoms with E-state index in [1.165, 1.54) is 0 Å². The van der Waals surface area contributed by atoms with E-state index in [9.17, 15) is 0 Å². The zero-order chi connectivity index (χ0) is 9.97. The summed E-state index contributed by atoms with van der Waals surface area (Å²) in [5.74, 6) is 0. The molecule has 74 valence electrons. The van der Waals surface area contributed by atoms with E-state index in [4.69, 9.17) is 4.74 Å². The summed E-state index contributed by atoms with van der Waals surface area (Å²) in [5.41, 5.74) is 2.13. The molecule has 1 atom stereocenters. The molecule has 0 saturated heterocycles. The standard InChI is InChI=1S/C11H14N2O/c1-3-14-9(2)13-8-12-10-6-4-5-7-11(10)13/h4-9H,3H2,1-2H3. The van der Waals surface area contributed by atoms with Gasteiger partial charge >= 0.3 is 0 Å². The van der Waals surface area contributed by atoms with Crippen LogP contribution in [0.3, 0.4) is 0 Å². The molecule has 0 aliphatic carbocycles. The van der Waals surface area contributed by atoms with Crippen LogP contribution in [0.1, 0.15) is 20.1 Å². The molecule has 3 nitrogen and oxygen atoms in total. The van der Waals surface area contributed by atoms with Crippen LogP contribution in [0, 0.1) is 0 Å². The second-order valence-electron chi connectivity index (χ2n) is 3.20. The van der Waals surface area contributed by atoms with E-state index in [0.717, 1.165) is 11.0 Å². The molecule has 0 aliphatic rings. The van der Waals surface area contributed by atoms with Gasteiger partial charge in [0.15, 0.2) is 0 Å². The van der Waals surface area contributed by atoms with E-state index in [2.05, 4.69) is 11.1 Å². The molecule has 2 rings (SSSR count). The second-order valence-corrected chi connectivity index (χ2v) is 3.20. The Morgan fingerprint density at radius 3 is 3.00 bits per heavy atom. The molecule has 0 saturated carbocycles. The lowest BCUT2D eigenvalue weighted by Crippen LogP contribution is -2.07. The van der Waals surface area contributed by atoms with Crippen LogP contribution in [0.5, 0.6) is 0 Å². The van der Waals surface area contributed by atoms with Crippen LogP contribution >= 0.6 is 0 Å². The number of hydrogen-bond donors (Lipinski definition) is 0. The van der Waals surface area contributed by atoms with Gasteiger partial charge in [-0.05, 0) is 26.0 Å². The number of rotatable bonds is 3. The first-order chi connectivity index (χ1) is 6.83. The predicted molar refractivity (Wildman–Crippen MR) is 56.1 cm³/mol. The molecule has 1 heterocycles. The molecule has 0 aliphatic heterocycles. The third kappa shape index (κ3) is 1.51. The third-order valence-electron chi connectivity index (χ3n) is 2.28. The van der Waals surface area contributed by atoms with Crippen LogP contribution in [0.15, 0.2) is 30.6 Å². The summed E-state index contributed by atoms with van der Waals surface area (Å²) in [4.78, 5) is 4.30. The van der Waals surface area contributed by atoms with Crippen molar-refractivity contribution in [2.75, 3.05) is 6.61 Å². The van der Waals surface area contributed by atoms with E-state index in [1.807, 2.05) is 42.9 Å². The molecule has 0 amide bonds. The molecule has 0 N–H and O–H groups in total. The molecule has 1 aromatic carbocycles. The summed E-state index contributed by atoms with van der Waals surface area (Å²) in [6.07, 6.45) is 1.87. The summed E-state index contributed by atoms with van der Waals surface area (Å²) < 4.78 is 7.56. The maximum Gasteiger partial charge on any atom is 0.132 e. The summed E-state index contributed by atoms with van der Waals surface area (Å²) in [6.45, 7) is 4.74. The van der Waals surface area contributed by atoms with Gasteiger partial charge in [0.05, 0.1) is 17.4 Å². The van der Waals surface area contributed by atoms with Crippen LogP contribution in [0.4, 0.5) is 0 Å². The van der Waals surface area contributed by atoms with Gasteiger partial charge in [0.1, 0.15) is 6.23 Å². The topological polar surface area (TPSA) is 27.1 Å². The van der Waals surface area contributed by atoms with Crippen molar-refractivity contribution in [3.8, 4) is 0 Å². The highest BCUT2D eigenvalue weighted by Gasteiger charge is 2.07. The zero-order valence-corrected chi connectivity index (χ0v) is 8.47. The quantitative estimate of drug-likeness (QED) is 0.743. The highest BCUT2D eigenvalue weighted by molar-refractivity contribution is 5.74. The lowest BCUT2D eigenvalue weighted by Gasteiger charge is -2.13. The van der Waals surface area contributed by atoms with E-state index in [0.29, 0.717) is 6.61 Å². The van der Waals surface area contributed by atoms with Gasteiger partial charge in [-0.2, -0.15) is 0 Å². The van der Waals surface area contributed by atoms with Crippen LogP contribution in [-0.2, 0) is 4.74 Å². The van der Waals surface area contributed by atoms with Crippen molar-refractivity contribution in [2.45, 2.75) is 20.1 Å². The second kappa shape index (κ2) is 3.80. The third-order valence-corrected chi connectivity index (χ3v) is 2.28. The van der Waals surface area contributed by atoms with Crippen LogP contribution in [0.2, 0.25) is 0 Å². The van der Waals surface area contributed by atoms with Crippen LogP contribution < -0.4 is 0 Å². The maximum atomic E-state index is 5.52. The SMILES string of the molecule is CCOC(C)n1cnc2ccccc21. The molecule has 1 aromatic heterocycles. The predicted octanol–water partition coefficient (Wildman–Crippen LogP) is 2.59. The maximum absolute atomic E-state index is 5.52. The average Bonchev–Trinajstić information content (AvgIpc) is 2.61. The van der Waals surface area contributed by atoms with Crippen molar-refractivity contribution >= 4 is 11.0 Å². The first-order valence-electron chi connectivity index (χ1n) is 4.86. The number of benzene rings is 1. The Balaban J connectivity index is 2.42. The zero-order valence-electron chi connectivity index (χ0n) is 8.47. The molecule has 0 spiro atoms. The number of imidazole rings is 1. The van der Waals surface area contributed by atoms with Crippen LogP contribution in [0.25, 0.3) is 11.0 Å². The Morgan fingerprint density at radius 2 is 2.21 bits per heavy atom. The minimum Gasteiger partial charge on any atom is -0.359 e. The van der Waals surface area contributed by atoms with Gasteiger partial charge in [0.25, 0.3) is 0 Å². The Hall–Kier alpha value is -1.35. The largest absolute Gasteiger partial charge is 0.359 e. The number of nitrogens with zero attached hydrogens (tertiary/aromatic N) is 2. The molecule has 1 unspecified atom stereocenters. The van der Waals surface area contributed by atoms with Crippen molar-refractivity contribution in [2.24, 2.45) is 0 Å². The summed E-state index contributed by atoms with van der Waals surface area (Å²) in [7, 11) is 0. The fourth-order valence-electron chi connectivity index (χ4n) is 1.59. The van der Waals surface area contributed by atoms with Crippen molar-refractivity contribution in [3.63, 3.8) is 0 Å². The lowest BCUT2D eigenvalue weighted by atomic mass is 10.3. The van der Waals surface area contributed by atoms with Gasteiger partial charge in [-0.1, -0.05) is 12.1 Å². The highest BCUT2D eigenvalue weighted by Crippen LogP contribution is 2.17. The number of para-hydroxylation sites is 2. The Labute approximate surface area is 83.3 Å². The van der Waals surface area contributed by atoms with Crippen molar-refractivity contribution < 1.29 is 4.74 Å². The number of hydrogen-bond acceptors (Lipinski definition) is 2. The van der Waals surface area contributed by atoms with Gasteiger partial charge in [-0.3, -0.25) is 0 Å². The van der Waals surface area contributed by atoms with Gasteiger partial charge < -0.3 is 9.30 Å². The van der Waals surface area contributed by atoms with Gasteiger partial charge in [-0.25, -0.2) is 4.98 Å². The van der Waals surface area contributed by atoms with E-state index in [1.54, 1.807) is 0 Å². The Bertz CT molecular complexity index is 422. The molecule has 0 radical (unpaired) electrons. The summed E-state index contributed by atoms with van der Waals surface area (Å²) in [5, 5.41) is 0. The average molecular weight is 190 g/mol. The molecule has 0 fully saturated rings. The fraction of sp³-hybridized carbons (Fsp3) is 0.364. The molecular formula is C11H14N2O. The molecular weight excluding hydrogens is 176 g/mol. The number of fused-ring (bicyclic) bond motifs is 1. The van der Waals surface area contributed by atoms with Crippen molar-refractivity contribution in [3.05, 3.63) is 30.6 Å².